The Kier molecular flexibility index (Phi) is 14.2. The van der Waals surface area contributed by atoms with Crippen LogP contribution in [0.1, 0.15) is 104 Å². The van der Waals surface area contributed by atoms with Gasteiger partial charge in [-0.05, 0) is 84.4 Å². The highest BCUT2D eigenvalue weighted by molar-refractivity contribution is 7.98. The van der Waals surface area contributed by atoms with Gasteiger partial charge in [-0.2, -0.15) is 11.8 Å². The van der Waals surface area contributed by atoms with Crippen LogP contribution in [0.5, 0.6) is 0 Å². The topological polar surface area (TPSA) is 87.7 Å². The number of carbonyl (C=O) groups is 3. The maximum absolute atomic E-state index is 14.2. The lowest BCUT2D eigenvalue weighted by molar-refractivity contribution is -0.143. The second-order valence-corrected chi connectivity index (χ2v) is 12.9. The highest BCUT2D eigenvalue weighted by Gasteiger charge is 2.37. The Hall–Kier alpha value is -2.22. The first-order valence-electron chi connectivity index (χ1n) is 13.9. The Bertz CT molecular complexity index is 892. The van der Waals surface area contributed by atoms with Gasteiger partial charge in [0.25, 0.3) is 0 Å². The van der Waals surface area contributed by atoms with Crippen molar-refractivity contribution in [3.63, 3.8) is 0 Å². The molecule has 216 valence electrons. The van der Waals surface area contributed by atoms with Crippen LogP contribution in [0.3, 0.4) is 0 Å². The molecule has 0 saturated heterocycles. The second kappa shape index (κ2) is 16.0. The fourth-order valence-electron chi connectivity index (χ4n) is 4.18. The maximum atomic E-state index is 14.2. The molecule has 0 aliphatic carbocycles. The van der Waals surface area contributed by atoms with Crippen LogP contribution in [0, 0.1) is 6.92 Å². The highest BCUT2D eigenvalue weighted by atomic mass is 32.2. The molecule has 38 heavy (non-hydrogen) atoms. The number of alkyl carbamates (subject to hydrolysis) is 1. The minimum atomic E-state index is -0.814. The first-order valence-corrected chi connectivity index (χ1v) is 15.3. The van der Waals surface area contributed by atoms with Crippen molar-refractivity contribution in [2.24, 2.45) is 0 Å². The molecule has 8 heteroatoms. The van der Waals surface area contributed by atoms with E-state index in [-0.39, 0.29) is 11.8 Å². The summed E-state index contributed by atoms with van der Waals surface area (Å²) in [6, 6.07) is 6.08. The smallest absolute Gasteiger partial charge is 0.408 e. The van der Waals surface area contributed by atoms with Crippen LogP contribution < -0.4 is 10.6 Å². The van der Waals surface area contributed by atoms with Gasteiger partial charge in [0, 0.05) is 12.1 Å². The highest BCUT2D eigenvalue weighted by Crippen LogP contribution is 2.27. The third-order valence-corrected chi connectivity index (χ3v) is 6.57. The Morgan fingerprint density at radius 2 is 1.63 bits per heavy atom. The van der Waals surface area contributed by atoms with E-state index in [0.29, 0.717) is 18.7 Å². The van der Waals surface area contributed by atoms with Crippen molar-refractivity contribution >= 4 is 29.7 Å². The van der Waals surface area contributed by atoms with Gasteiger partial charge < -0.3 is 20.3 Å². The molecule has 0 spiro atoms. The molecule has 0 aliphatic heterocycles. The summed E-state index contributed by atoms with van der Waals surface area (Å²) in [7, 11) is 0. The number of rotatable bonds is 14. The van der Waals surface area contributed by atoms with Gasteiger partial charge in [0.1, 0.15) is 17.7 Å². The maximum Gasteiger partial charge on any atom is 0.408 e. The van der Waals surface area contributed by atoms with E-state index in [2.05, 4.69) is 17.6 Å². The molecule has 1 rings (SSSR count). The number of thioether (sulfide) groups is 1. The molecular formula is C30H51N3O4S. The number of amides is 3. The van der Waals surface area contributed by atoms with Gasteiger partial charge >= 0.3 is 6.09 Å². The minimum absolute atomic E-state index is 0.227. The molecule has 2 atom stereocenters. The second-order valence-electron chi connectivity index (χ2n) is 11.9. The number of unbranched alkanes of at least 4 members (excludes halogenated alkanes) is 4. The Balaban J connectivity index is 3.49. The van der Waals surface area contributed by atoms with Crippen LogP contribution in [0.25, 0.3) is 0 Å². The van der Waals surface area contributed by atoms with Crippen molar-refractivity contribution < 1.29 is 19.1 Å². The molecular weight excluding hydrogens is 498 g/mol. The molecule has 2 N–H and O–H groups in total. The van der Waals surface area contributed by atoms with Crippen LogP contribution >= 0.6 is 11.8 Å². The summed E-state index contributed by atoms with van der Waals surface area (Å²) in [6.45, 7) is 15.7. The lowest BCUT2D eigenvalue weighted by atomic mass is 9.96. The van der Waals surface area contributed by atoms with Gasteiger partial charge in [-0.15, -0.1) is 0 Å². The Labute approximate surface area is 235 Å². The molecule has 7 nitrogen and oxygen atoms in total. The monoisotopic (exact) mass is 549 g/mol. The van der Waals surface area contributed by atoms with E-state index in [1.165, 1.54) is 0 Å². The third-order valence-electron chi connectivity index (χ3n) is 5.93. The zero-order valence-electron chi connectivity index (χ0n) is 25.1. The molecule has 1 aromatic carbocycles. The molecule has 0 radical (unpaired) electrons. The number of carbonyl (C=O) groups excluding carboxylic acids is 3. The Morgan fingerprint density at radius 1 is 1.00 bits per heavy atom. The first kappa shape index (κ1) is 33.8. The summed E-state index contributed by atoms with van der Waals surface area (Å²) >= 11 is 1.61. The van der Waals surface area contributed by atoms with E-state index in [4.69, 9.17) is 4.74 Å². The molecule has 0 aliphatic rings. The number of ether oxygens (including phenoxy) is 1. The summed E-state index contributed by atoms with van der Waals surface area (Å²) in [5.74, 6) is 0.187. The number of hydrogen-bond donors (Lipinski definition) is 2. The summed E-state index contributed by atoms with van der Waals surface area (Å²) in [5, 5.41) is 5.91. The van der Waals surface area contributed by atoms with Crippen molar-refractivity contribution in [3.05, 3.63) is 35.4 Å². The van der Waals surface area contributed by atoms with Crippen LogP contribution in [-0.2, 0) is 14.3 Å². The van der Waals surface area contributed by atoms with E-state index in [1.54, 1.807) is 37.4 Å². The Morgan fingerprint density at radius 3 is 2.18 bits per heavy atom. The zero-order chi connectivity index (χ0) is 28.9. The van der Waals surface area contributed by atoms with Crippen LogP contribution in [0.15, 0.2) is 24.3 Å². The fraction of sp³-hybridized carbons (Fsp3) is 0.700. The van der Waals surface area contributed by atoms with Crippen molar-refractivity contribution in [3.8, 4) is 0 Å². The van der Waals surface area contributed by atoms with Gasteiger partial charge in [-0.3, -0.25) is 9.59 Å². The largest absolute Gasteiger partial charge is 0.444 e. The van der Waals surface area contributed by atoms with Gasteiger partial charge in [0.2, 0.25) is 11.8 Å². The summed E-state index contributed by atoms with van der Waals surface area (Å²) < 4.78 is 5.47. The minimum Gasteiger partial charge on any atom is -0.444 e. The number of aryl methyl sites for hydroxylation is 1. The average Bonchev–Trinajstić information content (AvgIpc) is 2.79. The molecule has 1 aromatic rings. The van der Waals surface area contributed by atoms with E-state index in [9.17, 15) is 14.4 Å². The number of nitrogens with zero attached hydrogens (tertiary/aromatic N) is 1. The predicted octanol–water partition coefficient (Wildman–Crippen LogP) is 6.40. The van der Waals surface area contributed by atoms with Crippen LogP contribution in [0.4, 0.5) is 4.79 Å². The molecule has 2 unspecified atom stereocenters. The normalized spacial score (nSPS) is 13.4. The van der Waals surface area contributed by atoms with Crippen LogP contribution in [-0.4, -0.2) is 58.5 Å². The quantitative estimate of drug-likeness (QED) is 0.262. The van der Waals surface area contributed by atoms with E-state index in [1.807, 2.05) is 58.2 Å². The summed E-state index contributed by atoms with van der Waals surface area (Å²) in [6.07, 6.45) is 6.85. The standard InChI is InChI=1S/C30H51N3O4S/c1-10-11-12-13-16-20-33(27(35)24(19-21-38-9)31-28(36)37-30(6,7)8)25(26(34)32-29(3,4)5)23-18-15-14-17-22(23)2/h14-15,17-18,24-25H,10-13,16,19-21H2,1-9H3,(H,31,36)(H,32,34). The van der Waals surface area contributed by atoms with E-state index >= 15 is 0 Å². The SMILES string of the molecule is CCCCCCCN(C(=O)C(CCSC)NC(=O)OC(C)(C)C)C(C(=O)NC(C)(C)C)c1ccccc1C. The zero-order valence-corrected chi connectivity index (χ0v) is 25.9. The lowest BCUT2D eigenvalue weighted by Crippen LogP contribution is -2.55. The molecule has 3 amide bonds. The van der Waals surface area contributed by atoms with Crippen molar-refractivity contribution in [2.75, 3.05) is 18.6 Å². The molecule has 0 fully saturated rings. The number of benzene rings is 1. The molecule has 0 aromatic heterocycles. The average molecular weight is 550 g/mol. The van der Waals surface area contributed by atoms with Crippen molar-refractivity contribution in [1.29, 1.82) is 0 Å². The van der Waals surface area contributed by atoms with Crippen molar-refractivity contribution in [2.45, 2.75) is 117 Å². The summed E-state index contributed by atoms with van der Waals surface area (Å²) in [4.78, 5) is 42.4. The van der Waals surface area contributed by atoms with Gasteiger partial charge in [-0.1, -0.05) is 56.9 Å². The van der Waals surface area contributed by atoms with Crippen LogP contribution in [0.2, 0.25) is 0 Å². The van der Waals surface area contributed by atoms with Crippen molar-refractivity contribution in [1.82, 2.24) is 15.5 Å². The predicted molar refractivity (Wildman–Crippen MR) is 158 cm³/mol. The third kappa shape index (κ3) is 12.5. The van der Waals surface area contributed by atoms with Gasteiger partial charge in [0.05, 0.1) is 0 Å². The van der Waals surface area contributed by atoms with E-state index < -0.39 is 29.3 Å². The molecule has 0 bridgehead atoms. The summed E-state index contributed by atoms with van der Waals surface area (Å²) in [5.41, 5.74) is 0.566. The van der Waals surface area contributed by atoms with E-state index in [0.717, 1.165) is 43.2 Å². The van der Waals surface area contributed by atoms with Gasteiger partial charge in [-0.25, -0.2) is 4.79 Å². The number of nitrogens with one attached hydrogen (secondary N) is 2. The lowest BCUT2D eigenvalue weighted by Gasteiger charge is -2.36. The fourth-order valence-corrected chi connectivity index (χ4v) is 4.65. The molecule has 0 saturated carbocycles. The molecule has 0 heterocycles. The number of hydrogen-bond acceptors (Lipinski definition) is 5. The first-order chi connectivity index (χ1) is 17.7. The van der Waals surface area contributed by atoms with Gasteiger partial charge in [0.15, 0.2) is 0 Å².